The zero-order chi connectivity index (χ0) is 47.0. The van der Waals surface area contributed by atoms with E-state index in [1.807, 2.05) is 6.07 Å². The number of rotatable bonds is 4. The Balaban J connectivity index is 0.847. The van der Waals surface area contributed by atoms with Crippen molar-refractivity contribution in [2.45, 2.75) is 0 Å². The molecule has 2 aliphatic rings. The molecule has 0 atom stereocenters. The van der Waals surface area contributed by atoms with Crippen LogP contribution in [0.4, 0.5) is 0 Å². The lowest BCUT2D eigenvalue weighted by molar-refractivity contribution is 0.465. The standard InChI is InChI=1S/C68H39BO3/c1-2-15-40(16-3-1)64-46-19-6-8-21-48(46)66(49-22-9-7-20-47(49)64)44-29-32-56-62(38-44)71-59-27-14-28-60-68(59)69(56)57-33-30-45(39-63(57)72-60)67-52-25-12-10-23-50(52)65(51-24-11-13-26-53(51)67)43-31-34-58-54(36-43)55-35-41-17-4-5-18-42(41)37-61(55)70-58/h1-39H. The Hall–Kier alpha value is -9.38. The average Bonchev–Trinajstić information content (AvgIpc) is 3.79. The van der Waals surface area contributed by atoms with Gasteiger partial charge in [0.05, 0.1) is 0 Å². The molecule has 4 heteroatoms. The van der Waals surface area contributed by atoms with Gasteiger partial charge in [-0.05, 0) is 158 Å². The van der Waals surface area contributed by atoms with Crippen molar-refractivity contribution in [1.82, 2.24) is 0 Å². The van der Waals surface area contributed by atoms with Gasteiger partial charge in [-0.2, -0.15) is 0 Å². The highest BCUT2D eigenvalue weighted by Gasteiger charge is 2.40. The SMILES string of the molecule is c1ccc(-c2c3ccccc3c(-c3ccc4c(c3)Oc3cccc5c3B4c3ccc(-c4c6ccccc6c(-c6ccc7oc8cc9ccccc9cc8c7c6)c6ccccc46)cc3O5)c3ccccc23)cc1. The van der Waals surface area contributed by atoms with Crippen LogP contribution in [0.3, 0.4) is 0 Å². The maximum absolute atomic E-state index is 6.96. The fraction of sp³-hybridized carbons (Fsp3) is 0. The van der Waals surface area contributed by atoms with E-state index < -0.39 is 0 Å². The normalized spacial score (nSPS) is 12.6. The van der Waals surface area contributed by atoms with Crippen molar-refractivity contribution in [3.63, 3.8) is 0 Å². The zero-order valence-electron chi connectivity index (χ0n) is 38.8. The molecule has 0 radical (unpaired) electrons. The Morgan fingerprint density at radius 1 is 0.250 bits per heavy atom. The van der Waals surface area contributed by atoms with Gasteiger partial charge in [-0.25, -0.2) is 0 Å². The summed E-state index contributed by atoms with van der Waals surface area (Å²) in [7, 11) is 0. The molecule has 0 saturated heterocycles. The van der Waals surface area contributed by atoms with E-state index in [1.54, 1.807) is 0 Å². The molecule has 3 heterocycles. The molecule has 0 amide bonds. The van der Waals surface area contributed by atoms with Gasteiger partial charge in [0.25, 0.3) is 6.71 Å². The van der Waals surface area contributed by atoms with Crippen molar-refractivity contribution in [3.8, 4) is 67.5 Å². The van der Waals surface area contributed by atoms with Crippen LogP contribution in [0.1, 0.15) is 0 Å². The summed E-state index contributed by atoms with van der Waals surface area (Å²) in [5.41, 5.74) is 14.6. The lowest BCUT2D eigenvalue weighted by Crippen LogP contribution is -2.57. The van der Waals surface area contributed by atoms with E-state index in [0.717, 1.165) is 78.0 Å². The van der Waals surface area contributed by atoms with Crippen LogP contribution in [0.5, 0.6) is 23.0 Å². The molecule has 16 rings (SSSR count). The lowest BCUT2D eigenvalue weighted by atomic mass is 9.35. The third kappa shape index (κ3) is 5.69. The Kier molecular flexibility index (Phi) is 8.26. The third-order valence-electron chi connectivity index (χ3n) is 15.5. The van der Waals surface area contributed by atoms with Gasteiger partial charge in [0, 0.05) is 16.2 Å². The van der Waals surface area contributed by atoms with Gasteiger partial charge in [0.15, 0.2) is 0 Å². The van der Waals surface area contributed by atoms with E-state index in [2.05, 4.69) is 231 Å². The van der Waals surface area contributed by atoms with Gasteiger partial charge < -0.3 is 13.9 Å². The van der Waals surface area contributed by atoms with Crippen molar-refractivity contribution in [1.29, 1.82) is 0 Å². The Morgan fingerprint density at radius 2 is 0.653 bits per heavy atom. The first-order valence-electron chi connectivity index (χ1n) is 24.8. The first-order chi connectivity index (χ1) is 35.7. The monoisotopic (exact) mass is 914 g/mol. The summed E-state index contributed by atoms with van der Waals surface area (Å²) >= 11 is 0. The summed E-state index contributed by atoms with van der Waals surface area (Å²) in [5.74, 6) is 3.37. The van der Waals surface area contributed by atoms with E-state index in [4.69, 9.17) is 13.9 Å². The van der Waals surface area contributed by atoms with Gasteiger partial charge in [-0.15, -0.1) is 0 Å². The third-order valence-corrected chi connectivity index (χ3v) is 15.5. The van der Waals surface area contributed by atoms with E-state index in [1.165, 1.54) is 81.7 Å². The minimum Gasteiger partial charge on any atom is -0.458 e. The molecule has 3 nitrogen and oxygen atoms in total. The summed E-state index contributed by atoms with van der Waals surface area (Å²) in [4.78, 5) is 0. The largest absolute Gasteiger partial charge is 0.458 e. The van der Waals surface area contributed by atoms with E-state index >= 15 is 0 Å². The van der Waals surface area contributed by atoms with E-state index in [0.29, 0.717) is 0 Å². The minimum atomic E-state index is -0.0801. The molecule has 13 aromatic carbocycles. The molecule has 0 bridgehead atoms. The molecule has 332 valence electrons. The van der Waals surface area contributed by atoms with Crippen LogP contribution >= 0.6 is 0 Å². The fourth-order valence-electron chi connectivity index (χ4n) is 12.5. The molecule has 1 aromatic heterocycles. The zero-order valence-corrected chi connectivity index (χ0v) is 38.8. The molecule has 0 aliphatic carbocycles. The van der Waals surface area contributed by atoms with Gasteiger partial charge >= 0.3 is 0 Å². The molecule has 14 aromatic rings. The predicted octanol–water partition coefficient (Wildman–Crippen LogP) is 16.7. The second-order valence-corrected chi connectivity index (χ2v) is 19.4. The summed E-state index contributed by atoms with van der Waals surface area (Å²) in [6.45, 7) is -0.0801. The number of furan rings is 1. The van der Waals surface area contributed by atoms with Gasteiger partial charge in [-0.3, -0.25) is 0 Å². The summed E-state index contributed by atoms with van der Waals surface area (Å²) in [6.07, 6.45) is 0. The number of hydrogen-bond acceptors (Lipinski definition) is 3. The number of hydrogen-bond donors (Lipinski definition) is 0. The molecule has 72 heavy (non-hydrogen) atoms. The summed E-state index contributed by atoms with van der Waals surface area (Å²) < 4.78 is 20.4. The van der Waals surface area contributed by atoms with Crippen LogP contribution in [0.25, 0.3) is 120 Å². The highest BCUT2D eigenvalue weighted by atomic mass is 16.5. The van der Waals surface area contributed by atoms with Crippen molar-refractivity contribution in [3.05, 3.63) is 237 Å². The highest BCUT2D eigenvalue weighted by Crippen LogP contribution is 2.48. The maximum Gasteiger partial charge on any atom is 0.260 e. The first-order valence-corrected chi connectivity index (χ1v) is 24.8. The Morgan fingerprint density at radius 3 is 1.15 bits per heavy atom. The van der Waals surface area contributed by atoms with Crippen molar-refractivity contribution >= 4 is 98.9 Å². The van der Waals surface area contributed by atoms with Crippen LogP contribution in [0.15, 0.2) is 241 Å². The molecular formula is C68H39BO3. The fourth-order valence-corrected chi connectivity index (χ4v) is 12.5. The van der Waals surface area contributed by atoms with Crippen LogP contribution < -0.4 is 25.9 Å². The van der Waals surface area contributed by atoms with Gasteiger partial charge in [0.2, 0.25) is 0 Å². The Labute approximate surface area is 414 Å². The second-order valence-electron chi connectivity index (χ2n) is 19.4. The summed E-state index contributed by atoms with van der Waals surface area (Å²) in [6, 6.07) is 85.7. The molecule has 0 fully saturated rings. The quantitative estimate of drug-likeness (QED) is 0.130. The second kappa shape index (κ2) is 15.1. The topological polar surface area (TPSA) is 31.6 Å². The Bertz CT molecular complexity index is 4530. The van der Waals surface area contributed by atoms with Crippen LogP contribution in [0.2, 0.25) is 0 Å². The molecule has 0 spiro atoms. The van der Waals surface area contributed by atoms with Crippen LogP contribution in [-0.4, -0.2) is 6.71 Å². The number of ether oxygens (including phenoxy) is 2. The number of benzene rings is 13. The lowest BCUT2D eigenvalue weighted by Gasteiger charge is -2.33. The van der Waals surface area contributed by atoms with Crippen LogP contribution in [0, 0.1) is 0 Å². The molecular weight excluding hydrogens is 876 g/mol. The molecule has 2 aliphatic heterocycles. The van der Waals surface area contributed by atoms with Gasteiger partial charge in [-0.1, -0.05) is 188 Å². The van der Waals surface area contributed by atoms with Crippen molar-refractivity contribution in [2.75, 3.05) is 0 Å². The smallest absolute Gasteiger partial charge is 0.260 e. The first kappa shape index (κ1) is 39.5. The average molecular weight is 915 g/mol. The highest BCUT2D eigenvalue weighted by molar-refractivity contribution is 6.98. The molecule has 0 unspecified atom stereocenters. The van der Waals surface area contributed by atoms with Gasteiger partial charge in [0.1, 0.15) is 34.2 Å². The van der Waals surface area contributed by atoms with Crippen LogP contribution in [-0.2, 0) is 0 Å². The molecule has 0 N–H and O–H groups in total. The predicted molar refractivity (Wildman–Crippen MR) is 301 cm³/mol. The van der Waals surface area contributed by atoms with Crippen molar-refractivity contribution < 1.29 is 13.9 Å². The van der Waals surface area contributed by atoms with E-state index in [9.17, 15) is 0 Å². The van der Waals surface area contributed by atoms with E-state index in [-0.39, 0.29) is 6.71 Å². The maximum atomic E-state index is 6.96. The number of fused-ring (bicyclic) bond motifs is 12. The van der Waals surface area contributed by atoms with Crippen molar-refractivity contribution in [2.24, 2.45) is 0 Å². The molecule has 0 saturated carbocycles. The summed E-state index contributed by atoms with van der Waals surface area (Å²) in [5, 5.41) is 14.3. The minimum absolute atomic E-state index is 0.0801.